The zero-order chi connectivity index (χ0) is 18.2. The van der Waals surface area contributed by atoms with Crippen LogP contribution in [0, 0.1) is 0 Å². The van der Waals surface area contributed by atoms with Crippen molar-refractivity contribution in [1.29, 1.82) is 0 Å². The van der Waals surface area contributed by atoms with Crippen molar-refractivity contribution in [3.63, 3.8) is 0 Å². The molecule has 3 rings (SSSR count). The Hall–Kier alpha value is -1.71. The summed E-state index contributed by atoms with van der Waals surface area (Å²) in [6.45, 7) is 3.90. The molecule has 26 heavy (non-hydrogen) atoms. The molecule has 1 N–H and O–H groups in total. The zero-order valence-corrected chi connectivity index (χ0v) is 16.2. The van der Waals surface area contributed by atoms with Crippen LogP contribution in [-0.4, -0.2) is 12.6 Å². The Balaban J connectivity index is 1.63. The van der Waals surface area contributed by atoms with Crippen molar-refractivity contribution in [3.8, 4) is 11.5 Å². The molecular formula is C22H28ClNO2. The molecule has 0 atom stereocenters. The molecule has 4 heteroatoms. The molecule has 0 heterocycles. The Bertz CT molecular complexity index is 698. The topological polar surface area (TPSA) is 30.5 Å². The van der Waals surface area contributed by atoms with Gasteiger partial charge in [0.1, 0.15) is 6.61 Å². The molecule has 1 aliphatic rings. The van der Waals surface area contributed by atoms with E-state index in [1.807, 2.05) is 37.3 Å². The second-order valence-electron chi connectivity index (χ2n) is 6.81. The lowest BCUT2D eigenvalue weighted by molar-refractivity contribution is 0.269. The van der Waals surface area contributed by atoms with Gasteiger partial charge in [-0.1, -0.05) is 55.1 Å². The third kappa shape index (κ3) is 5.39. The van der Waals surface area contributed by atoms with Crippen LogP contribution in [0.3, 0.4) is 0 Å². The summed E-state index contributed by atoms with van der Waals surface area (Å²) < 4.78 is 11.8. The van der Waals surface area contributed by atoms with E-state index in [4.69, 9.17) is 21.1 Å². The zero-order valence-electron chi connectivity index (χ0n) is 15.5. The highest BCUT2D eigenvalue weighted by atomic mass is 35.5. The van der Waals surface area contributed by atoms with Crippen LogP contribution in [0.25, 0.3) is 0 Å². The van der Waals surface area contributed by atoms with Gasteiger partial charge in [-0.25, -0.2) is 0 Å². The first kappa shape index (κ1) is 19.1. The van der Waals surface area contributed by atoms with E-state index in [9.17, 15) is 0 Å². The maximum absolute atomic E-state index is 6.21. The number of halogens is 1. The molecule has 0 aromatic heterocycles. The van der Waals surface area contributed by atoms with Gasteiger partial charge in [0.2, 0.25) is 0 Å². The standard InChI is InChI=1S/C22H28ClNO2/c1-2-25-22-14-17(15-24-19-9-4-3-5-10-19)12-13-21(22)26-16-18-8-6-7-11-20(18)23/h6-8,11-14,19,24H,2-5,9-10,15-16H2,1H3. The van der Waals surface area contributed by atoms with Gasteiger partial charge < -0.3 is 14.8 Å². The van der Waals surface area contributed by atoms with Crippen molar-refractivity contribution >= 4 is 11.6 Å². The minimum Gasteiger partial charge on any atom is -0.490 e. The second-order valence-corrected chi connectivity index (χ2v) is 7.22. The highest BCUT2D eigenvalue weighted by Gasteiger charge is 2.13. The van der Waals surface area contributed by atoms with Crippen LogP contribution < -0.4 is 14.8 Å². The average Bonchev–Trinajstić information content (AvgIpc) is 2.68. The molecule has 0 amide bonds. The van der Waals surface area contributed by atoms with Crippen LogP contribution in [0.1, 0.15) is 50.2 Å². The number of benzene rings is 2. The molecule has 2 aromatic rings. The number of hydrogen-bond acceptors (Lipinski definition) is 3. The normalized spacial score (nSPS) is 15.0. The number of ether oxygens (including phenoxy) is 2. The Labute approximate surface area is 161 Å². The third-order valence-corrected chi connectivity index (χ3v) is 5.22. The van der Waals surface area contributed by atoms with Crippen LogP contribution in [0.4, 0.5) is 0 Å². The molecule has 0 bridgehead atoms. The minimum absolute atomic E-state index is 0.430. The molecule has 0 spiro atoms. The maximum atomic E-state index is 6.21. The van der Waals surface area contributed by atoms with Crippen LogP contribution >= 0.6 is 11.6 Å². The number of nitrogens with one attached hydrogen (secondary N) is 1. The highest BCUT2D eigenvalue weighted by Crippen LogP contribution is 2.30. The van der Waals surface area contributed by atoms with E-state index in [0.717, 1.165) is 28.6 Å². The van der Waals surface area contributed by atoms with Crippen LogP contribution in [-0.2, 0) is 13.2 Å². The molecule has 1 fully saturated rings. The van der Waals surface area contributed by atoms with Gasteiger partial charge >= 0.3 is 0 Å². The molecule has 140 valence electrons. The Morgan fingerprint density at radius 2 is 1.81 bits per heavy atom. The molecule has 1 saturated carbocycles. The average molecular weight is 374 g/mol. The lowest BCUT2D eigenvalue weighted by Crippen LogP contribution is -2.30. The van der Waals surface area contributed by atoms with Gasteiger partial charge in [-0.3, -0.25) is 0 Å². The monoisotopic (exact) mass is 373 g/mol. The summed E-state index contributed by atoms with van der Waals surface area (Å²) >= 11 is 6.21. The first-order valence-corrected chi connectivity index (χ1v) is 9.99. The van der Waals surface area contributed by atoms with Gasteiger partial charge in [0.25, 0.3) is 0 Å². The van der Waals surface area contributed by atoms with Gasteiger partial charge in [0, 0.05) is 23.2 Å². The van der Waals surface area contributed by atoms with E-state index >= 15 is 0 Å². The van der Waals surface area contributed by atoms with E-state index in [1.165, 1.54) is 37.7 Å². The first-order chi connectivity index (χ1) is 12.8. The fourth-order valence-electron chi connectivity index (χ4n) is 3.39. The van der Waals surface area contributed by atoms with Crippen molar-refractivity contribution in [2.75, 3.05) is 6.61 Å². The van der Waals surface area contributed by atoms with E-state index in [2.05, 4.69) is 17.4 Å². The highest BCUT2D eigenvalue weighted by molar-refractivity contribution is 6.31. The maximum Gasteiger partial charge on any atom is 0.161 e. The summed E-state index contributed by atoms with van der Waals surface area (Å²) in [5.41, 5.74) is 2.20. The third-order valence-electron chi connectivity index (χ3n) is 4.85. The Morgan fingerprint density at radius 1 is 1.00 bits per heavy atom. The summed E-state index contributed by atoms with van der Waals surface area (Å²) in [6.07, 6.45) is 6.65. The summed E-state index contributed by atoms with van der Waals surface area (Å²) in [5.74, 6) is 1.55. The Kier molecular flexibility index (Phi) is 7.22. The second kappa shape index (κ2) is 9.84. The molecule has 0 radical (unpaired) electrons. The van der Waals surface area contributed by atoms with E-state index < -0.39 is 0 Å². The van der Waals surface area contributed by atoms with Gasteiger partial charge in [0.15, 0.2) is 11.5 Å². The SMILES string of the molecule is CCOc1cc(CNC2CCCCC2)ccc1OCc1ccccc1Cl. The number of rotatable bonds is 8. The molecule has 1 aliphatic carbocycles. The van der Waals surface area contributed by atoms with E-state index in [1.54, 1.807) is 0 Å². The molecule has 2 aromatic carbocycles. The first-order valence-electron chi connectivity index (χ1n) is 9.61. The van der Waals surface area contributed by atoms with Gasteiger partial charge in [0.05, 0.1) is 6.61 Å². The predicted octanol–water partition coefficient (Wildman–Crippen LogP) is 5.74. The Morgan fingerprint density at radius 3 is 2.58 bits per heavy atom. The minimum atomic E-state index is 0.430. The number of hydrogen-bond donors (Lipinski definition) is 1. The predicted molar refractivity (Wildman–Crippen MR) is 107 cm³/mol. The molecule has 0 unspecified atom stereocenters. The van der Waals surface area contributed by atoms with Gasteiger partial charge in [-0.15, -0.1) is 0 Å². The van der Waals surface area contributed by atoms with Gasteiger partial charge in [-0.05, 0) is 43.5 Å². The van der Waals surface area contributed by atoms with Crippen LogP contribution in [0.5, 0.6) is 11.5 Å². The molecule has 0 saturated heterocycles. The van der Waals surface area contributed by atoms with E-state index in [-0.39, 0.29) is 0 Å². The quantitative estimate of drug-likeness (QED) is 0.640. The summed E-state index contributed by atoms with van der Waals surface area (Å²) in [5, 5.41) is 4.40. The smallest absolute Gasteiger partial charge is 0.161 e. The van der Waals surface area contributed by atoms with Crippen LogP contribution in [0.2, 0.25) is 5.02 Å². The van der Waals surface area contributed by atoms with Crippen molar-refractivity contribution in [3.05, 3.63) is 58.6 Å². The molecule has 0 aliphatic heterocycles. The summed E-state index contributed by atoms with van der Waals surface area (Å²) in [4.78, 5) is 0. The van der Waals surface area contributed by atoms with Crippen molar-refractivity contribution in [1.82, 2.24) is 5.32 Å². The van der Waals surface area contributed by atoms with Crippen LogP contribution in [0.15, 0.2) is 42.5 Å². The van der Waals surface area contributed by atoms with Gasteiger partial charge in [-0.2, -0.15) is 0 Å². The fraction of sp³-hybridized carbons (Fsp3) is 0.455. The summed E-state index contributed by atoms with van der Waals surface area (Å²) in [7, 11) is 0. The van der Waals surface area contributed by atoms with Crippen molar-refractivity contribution in [2.45, 2.75) is 58.2 Å². The van der Waals surface area contributed by atoms with Crippen molar-refractivity contribution in [2.24, 2.45) is 0 Å². The lowest BCUT2D eigenvalue weighted by atomic mass is 9.95. The largest absolute Gasteiger partial charge is 0.490 e. The fourth-order valence-corrected chi connectivity index (χ4v) is 3.58. The molecular weight excluding hydrogens is 346 g/mol. The van der Waals surface area contributed by atoms with Crippen molar-refractivity contribution < 1.29 is 9.47 Å². The van der Waals surface area contributed by atoms with E-state index in [0.29, 0.717) is 19.3 Å². The summed E-state index contributed by atoms with van der Waals surface area (Å²) in [6, 6.07) is 14.6. The molecule has 3 nitrogen and oxygen atoms in total. The lowest BCUT2D eigenvalue weighted by Gasteiger charge is -2.23.